The first kappa shape index (κ1) is 25.2. The molecule has 0 spiro atoms. The van der Waals surface area contributed by atoms with Crippen molar-refractivity contribution in [3.05, 3.63) is 70.2 Å². The topological polar surface area (TPSA) is 110 Å². The maximum Gasteiger partial charge on any atom is 0.412 e. The Kier molecular flexibility index (Phi) is 7.25. The van der Waals surface area contributed by atoms with Crippen molar-refractivity contribution >= 4 is 46.4 Å². The number of rotatable bonds is 4. The molecule has 0 saturated heterocycles. The van der Waals surface area contributed by atoms with Gasteiger partial charge < -0.3 is 20.6 Å². The third kappa shape index (κ3) is 5.49. The van der Waals surface area contributed by atoms with Gasteiger partial charge in [0.05, 0.1) is 23.6 Å². The number of guanidine groups is 1. The minimum Gasteiger partial charge on any atom is -0.465 e. The van der Waals surface area contributed by atoms with E-state index in [-0.39, 0.29) is 5.91 Å². The second kappa shape index (κ2) is 10.4. The van der Waals surface area contributed by atoms with Gasteiger partial charge in [0.15, 0.2) is 11.0 Å². The summed E-state index contributed by atoms with van der Waals surface area (Å²) in [7, 11) is 1.75. The smallest absolute Gasteiger partial charge is 0.412 e. The van der Waals surface area contributed by atoms with E-state index in [2.05, 4.69) is 25.5 Å². The average Bonchev–Trinajstić information content (AvgIpc) is 3.27. The van der Waals surface area contributed by atoms with E-state index in [0.717, 1.165) is 28.8 Å². The first-order valence-electron chi connectivity index (χ1n) is 11.6. The fraction of sp³-hybridized carbons (Fsp3) is 0.308. The van der Waals surface area contributed by atoms with E-state index in [1.54, 1.807) is 52.1 Å². The molecule has 1 aromatic heterocycles. The molecule has 1 aliphatic rings. The van der Waals surface area contributed by atoms with Crippen LogP contribution in [0, 0.1) is 0 Å². The fourth-order valence-electron chi connectivity index (χ4n) is 4.10. The lowest BCUT2D eigenvalue weighted by Crippen LogP contribution is -2.45. The van der Waals surface area contributed by atoms with Crippen molar-refractivity contribution in [1.82, 2.24) is 9.88 Å². The number of nitrogens with zero attached hydrogens (tertiary/aromatic N) is 4. The third-order valence-corrected chi connectivity index (χ3v) is 6.80. The Hall–Kier alpha value is -3.92. The van der Waals surface area contributed by atoms with Crippen molar-refractivity contribution in [1.29, 1.82) is 0 Å². The largest absolute Gasteiger partial charge is 0.465 e. The molecule has 0 aliphatic carbocycles. The van der Waals surface area contributed by atoms with Crippen molar-refractivity contribution in [2.75, 3.05) is 29.1 Å². The predicted octanol–water partition coefficient (Wildman–Crippen LogP) is 5.13. The zero-order chi connectivity index (χ0) is 25.9. The minimum atomic E-state index is -1.09. The number of amides is 2. The van der Waals surface area contributed by atoms with Gasteiger partial charge in [0, 0.05) is 36.1 Å². The van der Waals surface area contributed by atoms with Crippen molar-refractivity contribution in [2.45, 2.75) is 39.3 Å². The number of fused-ring (bicyclic) bond motifs is 1. The summed E-state index contributed by atoms with van der Waals surface area (Å²) < 4.78 is 0. The van der Waals surface area contributed by atoms with Crippen LogP contribution in [-0.2, 0) is 13.0 Å². The number of aromatic nitrogens is 1. The van der Waals surface area contributed by atoms with Crippen LogP contribution < -0.4 is 15.5 Å². The van der Waals surface area contributed by atoms with Crippen molar-refractivity contribution in [2.24, 2.45) is 4.99 Å². The van der Waals surface area contributed by atoms with Gasteiger partial charge in [0.25, 0.3) is 5.91 Å². The maximum absolute atomic E-state index is 13.2. The molecule has 0 unspecified atom stereocenters. The summed E-state index contributed by atoms with van der Waals surface area (Å²) in [5.74, 6) is 0.399. The zero-order valence-electron chi connectivity index (χ0n) is 20.8. The van der Waals surface area contributed by atoms with E-state index in [0.29, 0.717) is 29.3 Å². The maximum atomic E-state index is 13.2. The van der Waals surface area contributed by atoms with Crippen LogP contribution in [0.2, 0.25) is 0 Å². The number of nitrogens with one attached hydrogen (secondary N) is 2. The van der Waals surface area contributed by atoms with Gasteiger partial charge in [-0.15, -0.1) is 11.3 Å². The molecule has 36 heavy (non-hydrogen) atoms. The average molecular weight is 507 g/mol. The highest BCUT2D eigenvalue weighted by molar-refractivity contribution is 7.13. The summed E-state index contributed by atoms with van der Waals surface area (Å²) in [6.45, 7) is 6.75. The molecule has 3 aromatic rings. The Morgan fingerprint density at radius 2 is 1.78 bits per heavy atom. The van der Waals surface area contributed by atoms with E-state index >= 15 is 0 Å². The van der Waals surface area contributed by atoms with Gasteiger partial charge in [-0.1, -0.05) is 30.3 Å². The number of anilines is 3. The molecule has 0 bridgehead atoms. The van der Waals surface area contributed by atoms with E-state index in [4.69, 9.17) is 0 Å². The van der Waals surface area contributed by atoms with Crippen molar-refractivity contribution in [3.8, 4) is 0 Å². The highest BCUT2D eigenvalue weighted by Crippen LogP contribution is 2.32. The molecule has 0 radical (unpaired) electrons. The number of thiazole rings is 1. The molecule has 10 heteroatoms. The lowest BCUT2D eigenvalue weighted by atomic mass is 10.0. The van der Waals surface area contributed by atoms with Gasteiger partial charge >= 0.3 is 6.09 Å². The number of hydrogen-bond acceptors (Lipinski definition) is 5. The molecule has 1 aliphatic heterocycles. The molecule has 0 saturated carbocycles. The van der Waals surface area contributed by atoms with Gasteiger partial charge in [0.1, 0.15) is 0 Å². The van der Waals surface area contributed by atoms with Crippen LogP contribution in [0.1, 0.15) is 41.1 Å². The van der Waals surface area contributed by atoms with Crippen LogP contribution in [-0.4, -0.2) is 52.1 Å². The van der Waals surface area contributed by atoms with Crippen LogP contribution in [0.25, 0.3) is 0 Å². The molecule has 2 heterocycles. The Bertz CT molecular complexity index is 1280. The van der Waals surface area contributed by atoms with E-state index in [1.807, 2.05) is 30.3 Å². The summed E-state index contributed by atoms with van der Waals surface area (Å²) in [5.41, 5.74) is 2.00. The Balaban J connectivity index is 1.51. The first-order chi connectivity index (χ1) is 17.2. The highest BCUT2D eigenvalue weighted by Gasteiger charge is 2.31. The fourth-order valence-corrected chi connectivity index (χ4v) is 5.12. The zero-order valence-corrected chi connectivity index (χ0v) is 21.6. The first-order valence-corrected chi connectivity index (χ1v) is 12.4. The van der Waals surface area contributed by atoms with E-state index in [1.165, 1.54) is 16.2 Å². The second-order valence-corrected chi connectivity index (χ2v) is 10.4. The van der Waals surface area contributed by atoms with Crippen LogP contribution in [0.5, 0.6) is 0 Å². The number of aliphatic imine (C=N–C) groups is 1. The van der Waals surface area contributed by atoms with E-state index in [9.17, 15) is 14.7 Å². The Morgan fingerprint density at radius 1 is 1.08 bits per heavy atom. The molecule has 2 amide bonds. The second-order valence-electron chi connectivity index (χ2n) is 9.36. The van der Waals surface area contributed by atoms with Crippen LogP contribution in [0.15, 0.2) is 59.6 Å². The molecule has 188 valence electrons. The van der Waals surface area contributed by atoms with Crippen LogP contribution in [0.3, 0.4) is 0 Å². The molecule has 9 nitrogen and oxygen atoms in total. The standard InChI is InChI=1S/C26H30N6O3S/c1-26(2,3)32(25(34)35)20-13-9-8-12-18(20)29-22(33)23-30-19-14-15-31(16-21(19)36-23)24(27-4)28-17-10-6-5-7-11-17/h5-13H,14-16H2,1-4H3,(H,27,28)(H,29,33)(H,34,35). The SMILES string of the molecule is CN=C(Nc1ccccc1)N1CCc2nc(C(=O)Nc3ccccc3N(C(=O)O)C(C)(C)C)sc2C1. The van der Waals surface area contributed by atoms with Crippen LogP contribution in [0.4, 0.5) is 21.9 Å². The molecule has 0 fully saturated rings. The summed E-state index contributed by atoms with van der Waals surface area (Å²) in [5, 5.41) is 16.4. The van der Waals surface area contributed by atoms with Crippen molar-refractivity contribution in [3.63, 3.8) is 0 Å². The van der Waals surface area contributed by atoms with Gasteiger partial charge in [-0.25, -0.2) is 9.78 Å². The predicted molar refractivity (Wildman–Crippen MR) is 144 cm³/mol. The summed E-state index contributed by atoms with van der Waals surface area (Å²) in [6.07, 6.45) is -0.395. The monoisotopic (exact) mass is 506 g/mol. The molecule has 3 N–H and O–H groups in total. The van der Waals surface area contributed by atoms with Gasteiger partial charge in [-0.2, -0.15) is 0 Å². The number of carboxylic acid groups (broad SMARTS) is 1. The number of para-hydroxylation sites is 3. The third-order valence-electron chi connectivity index (χ3n) is 5.72. The molecular weight excluding hydrogens is 476 g/mol. The summed E-state index contributed by atoms with van der Waals surface area (Å²) in [4.78, 5) is 38.6. The number of benzene rings is 2. The number of carbonyl (C=O) groups is 2. The molecule has 2 aromatic carbocycles. The van der Waals surface area contributed by atoms with E-state index < -0.39 is 11.6 Å². The lowest BCUT2D eigenvalue weighted by molar-refractivity contribution is 0.102. The van der Waals surface area contributed by atoms with Gasteiger partial charge in [0.2, 0.25) is 0 Å². The normalized spacial score (nSPS) is 13.7. The van der Waals surface area contributed by atoms with Gasteiger partial charge in [-0.3, -0.25) is 14.7 Å². The quantitative estimate of drug-likeness (QED) is 0.334. The minimum absolute atomic E-state index is 0.347. The summed E-state index contributed by atoms with van der Waals surface area (Å²) in [6, 6.07) is 16.8. The molecular formula is C26H30N6O3S. The lowest BCUT2D eigenvalue weighted by Gasteiger charge is -2.34. The Morgan fingerprint density at radius 3 is 2.44 bits per heavy atom. The highest BCUT2D eigenvalue weighted by atomic mass is 32.1. The molecule has 4 rings (SSSR count). The Labute approximate surface area is 214 Å². The molecule has 0 atom stereocenters. The van der Waals surface area contributed by atoms with Gasteiger partial charge in [-0.05, 0) is 45.0 Å². The number of carbonyl (C=O) groups excluding carboxylic acids is 1. The summed E-state index contributed by atoms with van der Waals surface area (Å²) >= 11 is 1.35. The number of hydrogen-bond donors (Lipinski definition) is 3. The van der Waals surface area contributed by atoms with Crippen LogP contribution >= 0.6 is 11.3 Å². The van der Waals surface area contributed by atoms with Crippen molar-refractivity contribution < 1.29 is 14.7 Å².